The zero-order valence-electron chi connectivity index (χ0n) is 19.1. The summed E-state index contributed by atoms with van der Waals surface area (Å²) in [7, 11) is -4.57. The van der Waals surface area contributed by atoms with Gasteiger partial charge >= 0.3 is 10.4 Å². The summed E-state index contributed by atoms with van der Waals surface area (Å²) in [5.41, 5.74) is -0.252. The zero-order valence-corrected chi connectivity index (χ0v) is 16.9. The van der Waals surface area contributed by atoms with Crippen LogP contribution in [0, 0.1) is 34.5 Å². The molecular formula is C21H32O5S. The molecule has 7 atom stereocenters. The van der Waals surface area contributed by atoms with Gasteiger partial charge in [0.15, 0.2) is 0 Å². The van der Waals surface area contributed by atoms with Gasteiger partial charge in [-0.1, -0.05) is 25.4 Å². The van der Waals surface area contributed by atoms with E-state index in [1.54, 1.807) is 6.92 Å². The van der Waals surface area contributed by atoms with Gasteiger partial charge in [-0.15, -0.1) is 0 Å². The van der Waals surface area contributed by atoms with Gasteiger partial charge in [-0.05, 0) is 86.9 Å². The Hall–Kier alpha value is -0.720. The van der Waals surface area contributed by atoms with E-state index in [4.69, 9.17) is 12.8 Å². The molecule has 0 aliphatic heterocycles. The normalized spacial score (nSPS) is 48.9. The van der Waals surface area contributed by atoms with Crippen LogP contribution in [0.5, 0.6) is 0 Å². The molecule has 0 radical (unpaired) electrons. The fraction of sp³-hybridized carbons (Fsp3) is 0.857. The van der Waals surface area contributed by atoms with Gasteiger partial charge in [-0.2, -0.15) is 8.42 Å². The molecule has 0 aromatic heterocycles. The maximum atomic E-state index is 12.3. The van der Waals surface area contributed by atoms with Crippen LogP contribution >= 0.6 is 0 Å². The second-order valence-electron chi connectivity index (χ2n) is 9.49. The van der Waals surface area contributed by atoms with Crippen LogP contribution in [0.2, 0.25) is 0 Å². The second kappa shape index (κ2) is 6.39. The largest absolute Gasteiger partial charge is 0.397 e. The highest BCUT2D eigenvalue weighted by atomic mass is 32.3. The second-order valence-corrected chi connectivity index (χ2v) is 10.5. The molecule has 152 valence electrons. The van der Waals surface area contributed by atoms with E-state index in [-0.39, 0.29) is 41.8 Å². The smallest absolute Gasteiger partial charge is 0.300 e. The number of hydrogen-bond donors (Lipinski definition) is 1. The first-order valence-electron chi connectivity index (χ1n) is 11.7. The molecular weight excluding hydrogens is 364 g/mol. The van der Waals surface area contributed by atoms with Crippen molar-refractivity contribution in [2.45, 2.75) is 78.2 Å². The van der Waals surface area contributed by atoms with Gasteiger partial charge in [0.1, 0.15) is 5.78 Å². The molecule has 27 heavy (non-hydrogen) atoms. The van der Waals surface area contributed by atoms with Crippen molar-refractivity contribution in [3.63, 3.8) is 0 Å². The molecule has 0 aromatic carbocycles. The van der Waals surface area contributed by atoms with Crippen molar-refractivity contribution in [3.8, 4) is 0 Å². The van der Waals surface area contributed by atoms with Crippen molar-refractivity contribution >= 4 is 16.2 Å². The summed E-state index contributed by atoms with van der Waals surface area (Å²) in [5, 5.41) is 0. The predicted octanol–water partition coefficient (Wildman–Crippen LogP) is 4.34. The Morgan fingerprint density at radius 1 is 1.26 bits per heavy atom. The van der Waals surface area contributed by atoms with Crippen molar-refractivity contribution in [1.29, 1.82) is 0 Å². The highest BCUT2D eigenvalue weighted by Gasteiger charge is 2.59. The van der Waals surface area contributed by atoms with Crippen LogP contribution in [0.1, 0.15) is 76.2 Å². The topological polar surface area (TPSA) is 80.7 Å². The summed E-state index contributed by atoms with van der Waals surface area (Å²) in [4.78, 5) is 12.3. The number of hydrogen-bond acceptors (Lipinski definition) is 4. The van der Waals surface area contributed by atoms with Crippen molar-refractivity contribution in [1.82, 2.24) is 0 Å². The molecule has 3 fully saturated rings. The van der Waals surface area contributed by atoms with Crippen molar-refractivity contribution < 1.29 is 26.1 Å². The number of fused-ring (bicyclic) bond motifs is 5. The molecule has 1 N–H and O–H groups in total. The molecule has 6 heteroatoms. The van der Waals surface area contributed by atoms with Crippen LogP contribution < -0.4 is 0 Å². The Morgan fingerprint density at radius 2 is 2.04 bits per heavy atom. The molecule has 4 rings (SSSR count). The molecule has 5 nitrogen and oxygen atoms in total. The van der Waals surface area contributed by atoms with E-state index in [0.29, 0.717) is 12.3 Å². The van der Waals surface area contributed by atoms with Crippen LogP contribution in [0.15, 0.2) is 11.6 Å². The number of allylic oxidation sites excluding steroid dienone is 1. The lowest BCUT2D eigenvalue weighted by molar-refractivity contribution is -0.127. The summed E-state index contributed by atoms with van der Waals surface area (Å²) in [6, 6.07) is 0. The lowest BCUT2D eigenvalue weighted by atomic mass is 9.47. The van der Waals surface area contributed by atoms with E-state index >= 15 is 0 Å². The van der Waals surface area contributed by atoms with Gasteiger partial charge in [-0.3, -0.25) is 9.35 Å². The van der Waals surface area contributed by atoms with Gasteiger partial charge in [0.25, 0.3) is 0 Å². The monoisotopic (exact) mass is 399 g/mol. The Kier molecular flexibility index (Phi) is 3.82. The predicted molar refractivity (Wildman–Crippen MR) is 102 cm³/mol. The average molecular weight is 400 g/mol. The van der Waals surface area contributed by atoms with E-state index < -0.39 is 28.8 Å². The first-order chi connectivity index (χ1) is 13.8. The molecule has 0 saturated heterocycles. The summed E-state index contributed by atoms with van der Waals surface area (Å²) < 4.78 is 61.7. The van der Waals surface area contributed by atoms with Crippen molar-refractivity contribution in [3.05, 3.63) is 11.6 Å². The highest BCUT2D eigenvalue weighted by molar-refractivity contribution is 7.80. The number of ketones is 1. The Balaban J connectivity index is 1.70. The average Bonchev–Trinajstić information content (AvgIpc) is 2.96. The van der Waals surface area contributed by atoms with Gasteiger partial charge < -0.3 is 0 Å². The van der Waals surface area contributed by atoms with Crippen LogP contribution in [0.3, 0.4) is 0 Å². The standard InChI is InChI=1S/C21H32O5S/c1-13(22)17-6-7-18-16-5-4-14-12-15(26-27(23,24)25)8-10-20(14,2)19(16)9-11-21(17,18)3/h4,15-19H,5-12H2,1-3H3,(H,23,24,25)/t15-,16-,17+,18-,19-,20-,21+/m0/s1/i2D3. The lowest BCUT2D eigenvalue weighted by Crippen LogP contribution is -2.51. The van der Waals surface area contributed by atoms with Crippen LogP contribution in [0.4, 0.5) is 0 Å². The zero-order chi connectivity index (χ0) is 22.1. The van der Waals surface area contributed by atoms with Gasteiger partial charge in [0.05, 0.1) is 6.10 Å². The molecule has 0 heterocycles. The summed E-state index contributed by atoms with van der Waals surface area (Å²) >= 11 is 0. The molecule has 0 aromatic rings. The molecule has 0 amide bonds. The lowest BCUT2D eigenvalue weighted by Gasteiger charge is -2.58. The minimum absolute atomic E-state index is 0.000432. The minimum Gasteiger partial charge on any atom is -0.300 e. The Morgan fingerprint density at radius 3 is 2.70 bits per heavy atom. The minimum atomic E-state index is -4.57. The Bertz CT molecular complexity index is 866. The van der Waals surface area contributed by atoms with E-state index in [1.165, 1.54) is 0 Å². The maximum absolute atomic E-state index is 12.3. The Labute approximate surface area is 167 Å². The molecule has 0 unspecified atom stereocenters. The quantitative estimate of drug-likeness (QED) is 0.564. The fourth-order valence-electron chi connectivity index (χ4n) is 7.20. The van der Waals surface area contributed by atoms with Gasteiger partial charge in [-0.25, -0.2) is 4.18 Å². The summed E-state index contributed by atoms with van der Waals surface area (Å²) in [6.07, 6.45) is 6.40. The number of rotatable bonds is 3. The van der Waals surface area contributed by atoms with Crippen molar-refractivity contribution in [2.24, 2.45) is 34.5 Å². The third-order valence-electron chi connectivity index (χ3n) is 8.34. The molecule has 4 aliphatic rings. The molecule has 3 saturated carbocycles. The first kappa shape index (κ1) is 16.1. The van der Waals surface area contributed by atoms with Crippen LogP contribution in [-0.4, -0.2) is 24.9 Å². The summed E-state index contributed by atoms with van der Waals surface area (Å²) in [6.45, 7) is 1.71. The third kappa shape index (κ3) is 3.12. The van der Waals surface area contributed by atoms with Crippen molar-refractivity contribution in [2.75, 3.05) is 0 Å². The number of carbonyl (C=O) groups excluding carboxylic acids is 1. The van der Waals surface area contributed by atoms with E-state index in [9.17, 15) is 13.2 Å². The third-order valence-corrected chi connectivity index (χ3v) is 8.85. The SMILES string of the molecule is [2H]C([2H])([2H])[C@]12CC[C@H](OS(=O)(=O)O)CC1=CC[C@H]1[C@@H]3CC[C@H](C(C)=O)[C@@]3(C)CC[C@@H]12. The number of carbonyl (C=O) groups is 1. The maximum Gasteiger partial charge on any atom is 0.397 e. The van der Waals surface area contributed by atoms with E-state index in [1.807, 2.05) is 6.08 Å². The van der Waals surface area contributed by atoms with Crippen LogP contribution in [0.25, 0.3) is 0 Å². The highest BCUT2D eigenvalue weighted by Crippen LogP contribution is 2.66. The fourth-order valence-corrected chi connectivity index (χ4v) is 7.70. The molecule has 4 aliphatic carbocycles. The summed E-state index contributed by atoms with van der Waals surface area (Å²) in [5.74, 6) is 0.890. The van der Waals surface area contributed by atoms with Gasteiger partial charge in [0, 0.05) is 10.0 Å². The van der Waals surface area contributed by atoms with E-state index in [2.05, 4.69) is 6.92 Å². The van der Waals surface area contributed by atoms with Crippen LogP contribution in [-0.2, 0) is 19.4 Å². The van der Waals surface area contributed by atoms with E-state index in [0.717, 1.165) is 37.7 Å². The first-order valence-corrected chi connectivity index (χ1v) is 11.5. The number of Topliss-reactive ketones (excluding diaryl/α,β-unsaturated/α-hetero) is 1. The molecule has 0 bridgehead atoms. The molecule has 0 spiro atoms. The van der Waals surface area contributed by atoms with Gasteiger partial charge in [0.2, 0.25) is 0 Å².